The first kappa shape index (κ1) is 90.6. The van der Waals surface area contributed by atoms with Gasteiger partial charge in [0.15, 0.2) is 46.9 Å². The Labute approximate surface area is 870 Å². The van der Waals surface area contributed by atoms with E-state index in [2.05, 4.69) is 614 Å². The van der Waals surface area contributed by atoms with Crippen molar-refractivity contribution >= 4 is 95.1 Å². The van der Waals surface area contributed by atoms with Gasteiger partial charge in [0.1, 0.15) is 25.5 Å². The molecular formula is C139H112N10+4. The summed E-state index contributed by atoms with van der Waals surface area (Å²) in [5, 5.41) is 2.41. The second kappa shape index (κ2) is 36.1. The lowest BCUT2D eigenvalue weighted by Crippen LogP contribution is -2.30. The molecule has 10 nitrogen and oxygen atoms in total. The van der Waals surface area contributed by atoms with Gasteiger partial charge >= 0.3 is 0 Å². The molecule has 714 valence electrons. The van der Waals surface area contributed by atoms with Crippen molar-refractivity contribution in [1.29, 1.82) is 0 Å². The summed E-state index contributed by atoms with van der Waals surface area (Å²) >= 11 is 0. The Kier molecular flexibility index (Phi) is 22.0. The topological polar surface area (TPSA) is 40.0 Å². The van der Waals surface area contributed by atoms with Crippen LogP contribution < -0.4 is 33.0 Å². The van der Waals surface area contributed by atoms with Crippen LogP contribution in [0, 0.1) is 0 Å². The van der Waals surface area contributed by atoms with Gasteiger partial charge in [0.25, 0.3) is 11.6 Å². The summed E-state index contributed by atoms with van der Waals surface area (Å²) in [6.07, 6.45) is 8.44. The maximum Gasteiger partial charge on any atom is 0.294 e. The molecule has 0 fully saturated rings. The minimum atomic E-state index is -0.234. The number of anilines is 9. The van der Waals surface area contributed by atoms with Crippen molar-refractivity contribution < 1.29 is 18.3 Å². The largest absolute Gasteiger partial charge is 0.310 e. The van der Waals surface area contributed by atoms with Crippen molar-refractivity contribution in [2.45, 2.75) is 57.8 Å². The van der Waals surface area contributed by atoms with E-state index in [0.717, 1.165) is 96.6 Å². The van der Waals surface area contributed by atoms with Gasteiger partial charge in [-0.3, -0.25) is 0 Å². The highest BCUT2D eigenvalue weighted by Crippen LogP contribution is 2.59. The SMILES string of the molecule is C[n+]1ccc(-c2ccc(N(c3ccccc3)c3ccc4c(c3)C(C)(C)c3cc5c(cc3-4)C(C)(C)c3cc(N(c4ccccc4)c4ccc(-c6n(-c7ccccc7)c7ccccc7[n+]6C)cc4)ccc3-5)cc2)cc1.C[n+]1ccc(-c2ccc3c(c2)C(C)(C)c2cc(N(c4ccc(-c5ccccc5)cc4)c4ccc(-c5ccc6c(c5)c5cc(-c7n(-c8ccccc8)c8ccccc8[n+]7C)ccc5n6-c5ccccc5)cc4)ccc2-3)cc1. The van der Waals surface area contributed by atoms with Gasteiger partial charge in [0.05, 0.1) is 36.3 Å². The average Bonchev–Trinajstić information content (AvgIpc) is 1.53. The normalized spacial score (nSPS) is 13.1. The molecule has 19 aromatic carbocycles. The van der Waals surface area contributed by atoms with Crippen molar-refractivity contribution in [2.75, 3.05) is 14.7 Å². The van der Waals surface area contributed by atoms with Gasteiger partial charge in [0, 0.05) is 108 Å². The molecule has 0 aliphatic heterocycles. The van der Waals surface area contributed by atoms with Gasteiger partial charge in [0.2, 0.25) is 0 Å². The molecule has 0 saturated carbocycles. The van der Waals surface area contributed by atoms with Crippen molar-refractivity contribution in [1.82, 2.24) is 13.7 Å². The second-order valence-electron chi connectivity index (χ2n) is 41.7. The number of pyridine rings is 2. The van der Waals surface area contributed by atoms with Gasteiger partial charge < -0.3 is 19.3 Å². The number of benzene rings is 19. The maximum absolute atomic E-state index is 2.53. The van der Waals surface area contributed by atoms with E-state index in [1.807, 2.05) is 0 Å². The van der Waals surface area contributed by atoms with Crippen LogP contribution in [0.15, 0.2) is 498 Å². The fraction of sp³-hybridized carbons (Fsp3) is 0.0935. The molecule has 0 radical (unpaired) electrons. The molecule has 149 heavy (non-hydrogen) atoms. The maximum atomic E-state index is 2.53. The molecule has 0 spiro atoms. The lowest BCUT2D eigenvalue weighted by molar-refractivity contribution is -0.671. The molecule has 5 aromatic heterocycles. The van der Waals surface area contributed by atoms with Gasteiger partial charge in [-0.2, -0.15) is 9.13 Å². The van der Waals surface area contributed by atoms with Crippen LogP contribution in [0.25, 0.3) is 162 Å². The summed E-state index contributed by atoms with van der Waals surface area (Å²) in [6, 6.07) is 174. The first-order valence-electron chi connectivity index (χ1n) is 51.7. The molecule has 24 aromatic rings. The smallest absolute Gasteiger partial charge is 0.294 e. The number of fused-ring (bicyclic) bond motifs is 14. The quantitative estimate of drug-likeness (QED) is 0.0804. The lowest BCUT2D eigenvalue weighted by atomic mass is 9.79. The molecule has 0 bridgehead atoms. The van der Waals surface area contributed by atoms with Crippen LogP contribution >= 0.6 is 0 Å². The number of rotatable bonds is 18. The van der Waals surface area contributed by atoms with Crippen LogP contribution in [-0.4, -0.2) is 13.7 Å². The van der Waals surface area contributed by atoms with Crippen LogP contribution in [0.3, 0.4) is 0 Å². The molecule has 0 saturated heterocycles. The van der Waals surface area contributed by atoms with E-state index in [9.17, 15) is 0 Å². The predicted octanol–water partition coefficient (Wildman–Crippen LogP) is 33.0. The molecule has 0 unspecified atom stereocenters. The van der Waals surface area contributed by atoms with Crippen LogP contribution in [0.5, 0.6) is 0 Å². The van der Waals surface area contributed by atoms with E-state index in [0.29, 0.717) is 0 Å². The highest BCUT2D eigenvalue weighted by molar-refractivity contribution is 6.12. The average molecular weight is 1920 g/mol. The van der Waals surface area contributed by atoms with E-state index in [1.54, 1.807) is 0 Å². The number of hydrogen-bond acceptors (Lipinski definition) is 3. The molecule has 27 rings (SSSR count). The molecule has 0 N–H and O–H groups in total. The zero-order valence-electron chi connectivity index (χ0n) is 85.3. The summed E-state index contributed by atoms with van der Waals surface area (Å²) in [5.74, 6) is 2.26. The first-order valence-corrected chi connectivity index (χ1v) is 51.7. The molecule has 3 aliphatic carbocycles. The third kappa shape index (κ3) is 15.5. The van der Waals surface area contributed by atoms with E-state index >= 15 is 0 Å². The molecule has 0 amide bonds. The number of hydrogen-bond donors (Lipinski definition) is 0. The summed E-state index contributed by atoms with van der Waals surface area (Å²) < 4.78 is 16.0. The lowest BCUT2D eigenvalue weighted by Gasteiger charge is -2.28. The minimum Gasteiger partial charge on any atom is -0.310 e. The summed E-state index contributed by atoms with van der Waals surface area (Å²) in [6.45, 7) is 14.4. The van der Waals surface area contributed by atoms with Gasteiger partial charge in [-0.25, -0.2) is 18.3 Å². The molecule has 0 atom stereocenters. The highest BCUT2D eigenvalue weighted by atomic mass is 15.2. The van der Waals surface area contributed by atoms with Crippen LogP contribution in [-0.2, 0) is 44.4 Å². The van der Waals surface area contributed by atoms with E-state index in [1.165, 1.54) is 150 Å². The fourth-order valence-corrected chi connectivity index (χ4v) is 24.1. The zero-order chi connectivity index (χ0) is 101. The van der Waals surface area contributed by atoms with Crippen LogP contribution in [0.1, 0.15) is 74.9 Å². The summed E-state index contributed by atoms with van der Waals surface area (Å²) in [7, 11) is 8.47. The fourth-order valence-electron chi connectivity index (χ4n) is 24.1. The van der Waals surface area contributed by atoms with Crippen LogP contribution in [0.4, 0.5) is 51.2 Å². The van der Waals surface area contributed by atoms with Crippen molar-refractivity contribution in [2.24, 2.45) is 28.2 Å². The number of aromatic nitrogens is 7. The Bertz CT molecular complexity index is 9320. The number of nitrogens with zero attached hydrogens (tertiary/aromatic N) is 10. The molecule has 3 aliphatic rings. The summed E-state index contributed by atoms with van der Waals surface area (Å²) in [5.41, 5.74) is 47.8. The Morgan fingerprint density at radius 3 is 0.839 bits per heavy atom. The minimum absolute atomic E-state index is 0.205. The third-order valence-electron chi connectivity index (χ3n) is 31.8. The Balaban J connectivity index is 0.000000151. The molecule has 5 heterocycles. The number of aryl methyl sites for hydroxylation is 4. The predicted molar refractivity (Wildman–Crippen MR) is 615 cm³/mol. The highest BCUT2D eigenvalue weighted by Gasteiger charge is 2.44. The Morgan fingerprint density at radius 2 is 0.436 bits per heavy atom. The molecular weight excluding hydrogens is 1810 g/mol. The third-order valence-corrected chi connectivity index (χ3v) is 31.8. The standard InChI is InChI=1S/C71H55N5.C68H57N5/c1-71(2)64-46-53(51-40-42-72(3)43-41-51)28-36-60(64)61-37-35-59(47-65(61)71)74(57-31-24-49(25-32-57)48-16-8-5-9-17-48)58-33-26-50(27-34-58)52-29-38-66-62(44-52)63-45-54(30-39-67(63)75(66)55-18-10-6-11-19-55)70-73(4)68-22-14-15-23-69(68)76(70)56-20-12-7-13-21-56;1-67(2)60-42-54(71(49-18-10-7-11-19-49)52-30-26-46(27-31-52)47-38-40-69(5)41-39-47)34-36-56(60)58-44-63-59(45-62(58)67)57-37-35-55(43-61(57)68(63,3)4)72(50-20-12-8-13-21-50)53-32-28-48(29-33-53)66-70(6)64-24-16-17-25-65(64)73(66)51-22-14-9-15-23-51/h5-47H,1-4H3;7-45H,1-6H3/q2*+2. The van der Waals surface area contributed by atoms with Gasteiger partial charge in [-0.1, -0.05) is 260 Å². The number of imidazole rings is 2. The Hall–Kier alpha value is -18.4. The van der Waals surface area contributed by atoms with E-state index < -0.39 is 0 Å². The first-order chi connectivity index (χ1) is 72.8. The van der Waals surface area contributed by atoms with Crippen molar-refractivity contribution in [3.05, 3.63) is 531 Å². The number of para-hydroxylation sites is 9. The monoisotopic (exact) mass is 1920 g/mol. The second-order valence-corrected chi connectivity index (χ2v) is 41.7. The van der Waals surface area contributed by atoms with E-state index in [-0.39, 0.29) is 16.2 Å². The van der Waals surface area contributed by atoms with Gasteiger partial charge in [-0.15, -0.1) is 0 Å². The zero-order valence-corrected chi connectivity index (χ0v) is 85.3. The van der Waals surface area contributed by atoms with Gasteiger partial charge in [-0.05, 0) is 342 Å². The summed E-state index contributed by atoms with van der Waals surface area (Å²) in [4.78, 5) is 7.22. The van der Waals surface area contributed by atoms with Crippen molar-refractivity contribution in [3.63, 3.8) is 0 Å². The van der Waals surface area contributed by atoms with Crippen LogP contribution in [0.2, 0.25) is 0 Å². The van der Waals surface area contributed by atoms with E-state index in [4.69, 9.17) is 0 Å². The molecule has 10 heteroatoms. The van der Waals surface area contributed by atoms with Crippen molar-refractivity contribution in [3.8, 4) is 118 Å². The Morgan fingerprint density at radius 1 is 0.181 bits per heavy atom.